The highest BCUT2D eigenvalue weighted by molar-refractivity contribution is 7.13. The lowest BCUT2D eigenvalue weighted by Gasteiger charge is -2.33. The molecule has 1 aromatic heterocycles. The molecule has 1 fully saturated rings. The Kier molecular flexibility index (Phi) is 11.6. The Hall–Kier alpha value is -5.70. The van der Waals surface area contributed by atoms with Crippen LogP contribution in [0.4, 0.5) is 25.0 Å². The van der Waals surface area contributed by atoms with E-state index in [1.807, 2.05) is 17.5 Å². The zero-order chi connectivity index (χ0) is 35.6. The number of carbonyl (C=O) groups excluding carboxylic acids is 2. The predicted octanol–water partition coefficient (Wildman–Crippen LogP) is 6.28. The van der Waals surface area contributed by atoms with Crippen molar-refractivity contribution >= 4 is 40.9 Å². The Labute approximate surface area is 297 Å². The first kappa shape index (κ1) is 35.1. The molecule has 51 heavy (non-hydrogen) atoms. The molecule has 0 unspecified atom stereocenters. The molecular formula is C37H35F2N7O4S. The zero-order valence-electron chi connectivity index (χ0n) is 27.4. The van der Waals surface area contributed by atoms with E-state index in [0.717, 1.165) is 29.4 Å². The third kappa shape index (κ3) is 10.4. The Morgan fingerprint density at radius 3 is 2.35 bits per heavy atom. The molecule has 0 aliphatic carbocycles. The number of halogens is 2. The molecule has 262 valence electrons. The number of urea groups is 1. The summed E-state index contributed by atoms with van der Waals surface area (Å²) in [5.74, 6) is -0.680. The van der Waals surface area contributed by atoms with Gasteiger partial charge in [0.05, 0.1) is 18.5 Å². The van der Waals surface area contributed by atoms with E-state index < -0.39 is 11.8 Å². The summed E-state index contributed by atoms with van der Waals surface area (Å²) in [5, 5.41) is 22.6. The molecule has 11 nitrogen and oxygen atoms in total. The summed E-state index contributed by atoms with van der Waals surface area (Å²) in [5.41, 5.74) is 6.44. The average molecular weight is 712 g/mol. The SMILES string of the molecule is O=C(CN1CCN(Cc2csc(-c3ccc(NC(=O)Nc4cccc(F)c4)cc3)n2)CC1)N/N=C/c1ccc(OCc2cccc(F)c2)cc1O. The number of phenols is 1. The molecule has 3 amide bonds. The van der Waals surface area contributed by atoms with Crippen LogP contribution in [-0.2, 0) is 17.9 Å². The van der Waals surface area contributed by atoms with Gasteiger partial charge in [-0.2, -0.15) is 5.10 Å². The van der Waals surface area contributed by atoms with Crippen LogP contribution in [0.2, 0.25) is 0 Å². The van der Waals surface area contributed by atoms with Gasteiger partial charge in [-0.15, -0.1) is 11.3 Å². The molecule has 1 aliphatic heterocycles. The van der Waals surface area contributed by atoms with Gasteiger partial charge in [0.25, 0.3) is 5.91 Å². The number of rotatable bonds is 12. The number of thiazole rings is 1. The highest BCUT2D eigenvalue weighted by Crippen LogP contribution is 2.26. The minimum atomic E-state index is -0.467. The van der Waals surface area contributed by atoms with Crippen molar-refractivity contribution in [3.05, 3.63) is 125 Å². The molecule has 2 heterocycles. The van der Waals surface area contributed by atoms with Crippen LogP contribution in [0.3, 0.4) is 0 Å². The molecule has 0 radical (unpaired) electrons. The molecule has 4 aromatic carbocycles. The summed E-state index contributed by atoms with van der Waals surface area (Å²) in [6.07, 6.45) is 1.37. The molecule has 6 rings (SSSR count). The van der Waals surface area contributed by atoms with Gasteiger partial charge in [0, 0.05) is 66.7 Å². The molecule has 0 spiro atoms. The number of anilines is 2. The number of aromatic nitrogens is 1. The Balaban J connectivity index is 0.896. The van der Waals surface area contributed by atoms with Gasteiger partial charge < -0.3 is 20.5 Å². The third-order valence-electron chi connectivity index (χ3n) is 7.93. The van der Waals surface area contributed by atoms with Crippen molar-refractivity contribution in [3.8, 4) is 22.1 Å². The van der Waals surface area contributed by atoms with Crippen LogP contribution in [0.1, 0.15) is 16.8 Å². The molecule has 1 saturated heterocycles. The standard InChI is InChI=1S/C37H35F2N7O4S/c38-28-4-1-3-25(17-28)23-50-33-12-9-27(34(47)19-33)20-40-44-35(48)22-46-15-13-45(14-16-46)21-32-24-51-36(41-32)26-7-10-30(11-8-26)42-37(49)43-31-6-2-5-29(39)18-31/h1-12,17-20,24,47H,13-16,21-23H2,(H,44,48)(H2,42,43,49)/b40-20+. The van der Waals surface area contributed by atoms with Gasteiger partial charge in [0.2, 0.25) is 0 Å². The lowest BCUT2D eigenvalue weighted by atomic mass is 10.2. The van der Waals surface area contributed by atoms with Crippen molar-refractivity contribution in [3.63, 3.8) is 0 Å². The predicted molar refractivity (Wildman–Crippen MR) is 193 cm³/mol. The average Bonchev–Trinajstić information content (AvgIpc) is 3.58. The third-order valence-corrected chi connectivity index (χ3v) is 8.87. The lowest BCUT2D eigenvalue weighted by molar-refractivity contribution is -0.122. The van der Waals surface area contributed by atoms with Crippen LogP contribution in [0.15, 0.2) is 101 Å². The number of hydrogen-bond donors (Lipinski definition) is 4. The lowest BCUT2D eigenvalue weighted by Crippen LogP contribution is -2.48. The van der Waals surface area contributed by atoms with Gasteiger partial charge >= 0.3 is 6.03 Å². The largest absolute Gasteiger partial charge is 0.507 e. The smallest absolute Gasteiger partial charge is 0.323 e. The number of aromatic hydroxyl groups is 1. The number of nitrogens with zero attached hydrogens (tertiary/aromatic N) is 4. The summed E-state index contributed by atoms with van der Waals surface area (Å²) in [6, 6.07) is 23.4. The second-order valence-electron chi connectivity index (χ2n) is 11.8. The van der Waals surface area contributed by atoms with Gasteiger partial charge in [-0.25, -0.2) is 24.0 Å². The van der Waals surface area contributed by atoms with E-state index in [2.05, 4.69) is 31.0 Å². The van der Waals surface area contributed by atoms with Gasteiger partial charge in [-0.1, -0.05) is 18.2 Å². The number of carbonyl (C=O) groups is 2. The van der Waals surface area contributed by atoms with E-state index >= 15 is 0 Å². The minimum absolute atomic E-state index is 0.0654. The highest BCUT2D eigenvalue weighted by atomic mass is 32.1. The summed E-state index contributed by atoms with van der Waals surface area (Å²) < 4.78 is 32.4. The van der Waals surface area contributed by atoms with Crippen molar-refractivity contribution in [2.45, 2.75) is 13.2 Å². The van der Waals surface area contributed by atoms with E-state index in [0.29, 0.717) is 47.9 Å². The number of nitrogens with one attached hydrogen (secondary N) is 3. The summed E-state index contributed by atoms with van der Waals surface area (Å²) in [4.78, 5) is 33.9. The monoisotopic (exact) mass is 711 g/mol. The number of benzene rings is 4. The van der Waals surface area contributed by atoms with Crippen LogP contribution >= 0.6 is 11.3 Å². The fourth-order valence-corrected chi connectivity index (χ4v) is 6.15. The number of amides is 3. The van der Waals surface area contributed by atoms with Crippen LogP contribution in [0.25, 0.3) is 10.6 Å². The maximum Gasteiger partial charge on any atom is 0.323 e. The van der Waals surface area contributed by atoms with Crippen molar-refractivity contribution in [2.75, 3.05) is 43.4 Å². The molecule has 0 atom stereocenters. The first-order valence-electron chi connectivity index (χ1n) is 16.1. The fourth-order valence-electron chi connectivity index (χ4n) is 5.33. The molecule has 0 saturated carbocycles. The first-order valence-corrected chi connectivity index (χ1v) is 17.0. The van der Waals surface area contributed by atoms with E-state index in [1.54, 1.807) is 53.8 Å². The molecule has 4 N–H and O–H groups in total. The maximum atomic E-state index is 13.4. The maximum absolute atomic E-state index is 13.4. The second-order valence-corrected chi connectivity index (χ2v) is 12.7. The van der Waals surface area contributed by atoms with Crippen molar-refractivity contribution < 1.29 is 28.2 Å². The Morgan fingerprint density at radius 2 is 1.61 bits per heavy atom. The molecule has 5 aromatic rings. The second kappa shape index (κ2) is 16.8. The van der Waals surface area contributed by atoms with Crippen LogP contribution in [0.5, 0.6) is 11.5 Å². The van der Waals surface area contributed by atoms with Crippen LogP contribution in [-0.4, -0.2) is 70.8 Å². The number of ether oxygens (including phenoxy) is 1. The minimum Gasteiger partial charge on any atom is -0.507 e. The van der Waals surface area contributed by atoms with Crippen molar-refractivity contribution in [1.29, 1.82) is 0 Å². The number of hydrogen-bond acceptors (Lipinski definition) is 9. The fraction of sp³-hybridized carbons (Fsp3) is 0.189. The van der Waals surface area contributed by atoms with E-state index in [4.69, 9.17) is 9.72 Å². The van der Waals surface area contributed by atoms with Crippen molar-refractivity contribution in [1.82, 2.24) is 20.2 Å². The van der Waals surface area contributed by atoms with Gasteiger partial charge in [0.1, 0.15) is 34.7 Å². The molecule has 0 bridgehead atoms. The highest BCUT2D eigenvalue weighted by Gasteiger charge is 2.20. The summed E-state index contributed by atoms with van der Waals surface area (Å²) in [6.45, 7) is 4.04. The quantitative estimate of drug-likeness (QED) is 0.0885. The zero-order valence-corrected chi connectivity index (χ0v) is 28.2. The van der Waals surface area contributed by atoms with E-state index in [1.165, 1.54) is 42.6 Å². The summed E-state index contributed by atoms with van der Waals surface area (Å²) >= 11 is 1.55. The van der Waals surface area contributed by atoms with E-state index in [9.17, 15) is 23.5 Å². The molecule has 1 aliphatic rings. The molecular weight excluding hydrogens is 677 g/mol. The summed E-state index contributed by atoms with van der Waals surface area (Å²) in [7, 11) is 0. The molecule has 14 heteroatoms. The Morgan fingerprint density at radius 1 is 0.882 bits per heavy atom. The van der Waals surface area contributed by atoms with Gasteiger partial charge in [0.15, 0.2) is 0 Å². The van der Waals surface area contributed by atoms with Gasteiger partial charge in [-0.3, -0.25) is 14.6 Å². The van der Waals surface area contributed by atoms with Gasteiger partial charge in [-0.05, 0) is 72.3 Å². The normalized spacial score (nSPS) is 13.6. The van der Waals surface area contributed by atoms with Crippen LogP contribution in [0, 0.1) is 11.6 Å². The topological polar surface area (TPSA) is 131 Å². The van der Waals surface area contributed by atoms with E-state index in [-0.39, 0.29) is 30.6 Å². The van der Waals surface area contributed by atoms with Crippen LogP contribution < -0.4 is 20.8 Å². The number of hydrazone groups is 1. The first-order chi connectivity index (χ1) is 24.8. The Bertz CT molecular complexity index is 2000. The number of phenolic OH excluding ortho intramolecular Hbond substituents is 1. The van der Waals surface area contributed by atoms with Crippen molar-refractivity contribution in [2.24, 2.45) is 5.10 Å². The number of piperazine rings is 1.